The zero-order chi connectivity index (χ0) is 28.9. The molecule has 0 aliphatic heterocycles. The molecule has 0 amide bonds. The van der Waals surface area contributed by atoms with E-state index in [9.17, 15) is 4.79 Å². The van der Waals surface area contributed by atoms with Crippen molar-refractivity contribution in [3.8, 4) is 11.1 Å². The molecule has 0 aromatic heterocycles. The highest BCUT2D eigenvalue weighted by Crippen LogP contribution is 2.43. The molecule has 0 heterocycles. The molecule has 2 aliphatic rings. The van der Waals surface area contributed by atoms with E-state index in [0.29, 0.717) is 5.92 Å². The monoisotopic (exact) mass is 560 g/mol. The van der Waals surface area contributed by atoms with Crippen molar-refractivity contribution in [3.63, 3.8) is 0 Å². The van der Waals surface area contributed by atoms with E-state index in [-0.39, 0.29) is 5.60 Å². The van der Waals surface area contributed by atoms with Crippen LogP contribution in [-0.4, -0.2) is 18.9 Å². The molecule has 0 atom stereocenters. The van der Waals surface area contributed by atoms with E-state index in [1.54, 1.807) is 0 Å². The van der Waals surface area contributed by atoms with Crippen molar-refractivity contribution in [1.29, 1.82) is 0 Å². The van der Waals surface area contributed by atoms with Gasteiger partial charge < -0.3 is 9.47 Å². The Kier molecular flexibility index (Phi) is 12.6. The summed E-state index contributed by atoms with van der Waals surface area (Å²) in [5, 5.41) is 0. The van der Waals surface area contributed by atoms with Crippen LogP contribution in [-0.2, 0) is 9.47 Å². The van der Waals surface area contributed by atoms with E-state index in [0.717, 1.165) is 50.4 Å². The van der Waals surface area contributed by atoms with E-state index in [1.807, 2.05) is 0 Å². The van der Waals surface area contributed by atoms with Gasteiger partial charge >= 0.3 is 6.16 Å². The van der Waals surface area contributed by atoms with Crippen molar-refractivity contribution in [2.24, 2.45) is 5.92 Å². The van der Waals surface area contributed by atoms with Crippen LogP contribution in [0.4, 0.5) is 4.79 Å². The number of methoxy groups -OCH3 is 1. The molecule has 0 unspecified atom stereocenters. The Morgan fingerprint density at radius 2 is 1.20 bits per heavy atom. The Bertz CT molecular complexity index is 1010. The number of hydrogen-bond donors (Lipinski definition) is 0. The highest BCUT2D eigenvalue weighted by molar-refractivity contribution is 5.64. The first-order chi connectivity index (χ1) is 20.1. The normalized spacial score (nSPS) is 24.6. The van der Waals surface area contributed by atoms with E-state index in [2.05, 4.69) is 62.4 Å². The molecule has 3 heteroatoms. The second kappa shape index (κ2) is 16.4. The number of ether oxygens (including phenoxy) is 2. The van der Waals surface area contributed by atoms with E-state index >= 15 is 0 Å². The first-order valence-electron chi connectivity index (χ1n) is 17.0. The summed E-state index contributed by atoms with van der Waals surface area (Å²) in [7, 11) is 1.41. The van der Waals surface area contributed by atoms with Gasteiger partial charge in [0, 0.05) is 0 Å². The van der Waals surface area contributed by atoms with Crippen LogP contribution in [0.1, 0.15) is 152 Å². The zero-order valence-electron chi connectivity index (χ0n) is 26.3. The molecule has 2 aromatic rings. The fourth-order valence-corrected chi connectivity index (χ4v) is 7.51. The van der Waals surface area contributed by atoms with E-state index in [4.69, 9.17) is 9.47 Å². The molecule has 2 aliphatic carbocycles. The molecule has 0 bridgehead atoms. The van der Waals surface area contributed by atoms with Gasteiger partial charge in [-0.3, -0.25) is 0 Å². The fraction of sp³-hybridized carbons (Fsp3) is 0.658. The average molecular weight is 561 g/mol. The largest absolute Gasteiger partial charge is 0.508 e. The molecule has 0 N–H and O–H groups in total. The van der Waals surface area contributed by atoms with Crippen molar-refractivity contribution >= 4 is 6.16 Å². The zero-order valence-corrected chi connectivity index (χ0v) is 26.3. The van der Waals surface area contributed by atoms with Crippen LogP contribution in [0.15, 0.2) is 48.5 Å². The van der Waals surface area contributed by atoms with Crippen LogP contribution in [0.25, 0.3) is 11.1 Å². The average Bonchev–Trinajstić information content (AvgIpc) is 3.02. The Morgan fingerprint density at radius 3 is 1.73 bits per heavy atom. The maximum absolute atomic E-state index is 12.0. The first kappa shape index (κ1) is 31.6. The number of rotatable bonds is 14. The minimum atomic E-state index is -0.531. The summed E-state index contributed by atoms with van der Waals surface area (Å²) in [6.07, 6.45) is 21.9. The van der Waals surface area contributed by atoms with Gasteiger partial charge in [0.25, 0.3) is 0 Å². The van der Waals surface area contributed by atoms with E-state index in [1.165, 1.54) is 106 Å². The van der Waals surface area contributed by atoms with Crippen molar-refractivity contribution in [3.05, 3.63) is 59.7 Å². The van der Waals surface area contributed by atoms with Crippen LogP contribution in [0.5, 0.6) is 0 Å². The molecule has 4 rings (SSSR count). The lowest BCUT2D eigenvalue weighted by molar-refractivity contribution is -0.0573. The molecule has 2 fully saturated rings. The predicted molar refractivity (Wildman–Crippen MR) is 172 cm³/mol. The summed E-state index contributed by atoms with van der Waals surface area (Å²) in [4.78, 5) is 12.0. The lowest BCUT2D eigenvalue weighted by Crippen LogP contribution is -2.39. The number of benzene rings is 2. The van der Waals surface area contributed by atoms with Gasteiger partial charge in [-0.15, -0.1) is 0 Å². The molecule has 2 aromatic carbocycles. The van der Waals surface area contributed by atoms with Crippen LogP contribution in [0, 0.1) is 5.92 Å². The molecule has 41 heavy (non-hydrogen) atoms. The predicted octanol–water partition coefficient (Wildman–Crippen LogP) is 11.7. The Hall–Kier alpha value is -2.29. The van der Waals surface area contributed by atoms with Gasteiger partial charge in [-0.1, -0.05) is 114 Å². The third-order valence-corrected chi connectivity index (χ3v) is 10.3. The molecule has 226 valence electrons. The maximum Gasteiger partial charge on any atom is 0.508 e. The van der Waals surface area contributed by atoms with Crippen LogP contribution < -0.4 is 0 Å². The number of carbonyl (C=O) groups is 1. The lowest BCUT2D eigenvalue weighted by atomic mass is 9.74. The Morgan fingerprint density at radius 1 is 0.683 bits per heavy atom. The first-order valence-corrected chi connectivity index (χ1v) is 17.0. The summed E-state index contributed by atoms with van der Waals surface area (Å²) in [5.74, 6) is 2.23. The molecule has 0 radical (unpaired) electrons. The SMILES string of the molecule is CCCCCCCC1CCC(c2ccc(-c3ccc(C4CCC(CCCCC)(OC(=O)OC)CC4)cc3)cc2)CC1. The third kappa shape index (κ3) is 9.35. The van der Waals surface area contributed by atoms with Gasteiger partial charge in [-0.05, 0) is 104 Å². The second-order valence-electron chi connectivity index (χ2n) is 13.1. The smallest absolute Gasteiger partial charge is 0.438 e. The molecule has 0 saturated heterocycles. The maximum atomic E-state index is 12.0. The summed E-state index contributed by atoms with van der Waals surface area (Å²) >= 11 is 0. The van der Waals surface area contributed by atoms with Crippen LogP contribution in [0.2, 0.25) is 0 Å². The highest BCUT2D eigenvalue weighted by Gasteiger charge is 2.39. The second-order valence-corrected chi connectivity index (χ2v) is 13.1. The standard InChI is InChI=1S/C38H56O3/c1-4-6-8-9-10-12-30-13-15-31(16-14-30)32-17-19-33(20-18-32)34-21-23-35(24-22-34)36-25-28-38(29-26-36,27-11-7-5-2)41-37(39)40-3/h17-24,30-31,36H,4-16,25-29H2,1-3H3. The third-order valence-electron chi connectivity index (χ3n) is 10.3. The molecule has 3 nitrogen and oxygen atoms in total. The summed E-state index contributed by atoms with van der Waals surface area (Å²) in [6, 6.07) is 18.7. The molecular weight excluding hydrogens is 504 g/mol. The Labute approximate surface area is 250 Å². The van der Waals surface area contributed by atoms with Crippen LogP contribution in [0.3, 0.4) is 0 Å². The van der Waals surface area contributed by atoms with Crippen LogP contribution >= 0.6 is 0 Å². The molecular formula is C38H56O3. The summed E-state index contributed by atoms with van der Waals surface area (Å²) < 4.78 is 10.7. The minimum Gasteiger partial charge on any atom is -0.438 e. The van der Waals surface area contributed by atoms with Gasteiger partial charge in [0.15, 0.2) is 0 Å². The van der Waals surface area contributed by atoms with Gasteiger partial charge in [0.05, 0.1) is 7.11 Å². The summed E-state index contributed by atoms with van der Waals surface area (Å²) in [6.45, 7) is 4.51. The highest BCUT2D eigenvalue weighted by atomic mass is 16.7. The number of unbranched alkanes of at least 4 members (excludes halogenated alkanes) is 6. The van der Waals surface area contributed by atoms with Crippen molar-refractivity contribution in [2.75, 3.05) is 7.11 Å². The summed E-state index contributed by atoms with van der Waals surface area (Å²) in [5.41, 5.74) is 5.20. The fourth-order valence-electron chi connectivity index (χ4n) is 7.51. The van der Waals surface area contributed by atoms with Gasteiger partial charge in [0.1, 0.15) is 5.60 Å². The quantitative estimate of drug-likeness (QED) is 0.170. The molecule has 0 spiro atoms. The minimum absolute atomic E-state index is 0.353. The number of hydrogen-bond acceptors (Lipinski definition) is 3. The topological polar surface area (TPSA) is 35.5 Å². The number of carbonyl (C=O) groups excluding carboxylic acids is 1. The van der Waals surface area contributed by atoms with Crippen molar-refractivity contribution < 1.29 is 14.3 Å². The Balaban J connectivity index is 1.26. The van der Waals surface area contributed by atoms with Gasteiger partial charge in [-0.2, -0.15) is 0 Å². The van der Waals surface area contributed by atoms with Gasteiger partial charge in [-0.25, -0.2) is 4.79 Å². The lowest BCUT2D eigenvalue weighted by Gasteiger charge is -2.39. The van der Waals surface area contributed by atoms with E-state index < -0.39 is 6.16 Å². The molecule has 2 saturated carbocycles. The van der Waals surface area contributed by atoms with Crippen molar-refractivity contribution in [2.45, 2.75) is 147 Å². The van der Waals surface area contributed by atoms with Crippen molar-refractivity contribution in [1.82, 2.24) is 0 Å². The van der Waals surface area contributed by atoms with Gasteiger partial charge in [0.2, 0.25) is 0 Å².